The number of amides is 1. The Morgan fingerprint density at radius 2 is 2.26 bits per heavy atom. The highest BCUT2D eigenvalue weighted by atomic mass is 16.5. The first kappa shape index (κ1) is 14.3. The summed E-state index contributed by atoms with van der Waals surface area (Å²) in [6.07, 6.45) is 3.08. The van der Waals surface area contributed by atoms with Crippen LogP contribution in [0.2, 0.25) is 0 Å². The van der Waals surface area contributed by atoms with E-state index in [4.69, 9.17) is 4.74 Å². The third-order valence-corrected chi connectivity index (χ3v) is 5.23. The number of nitrogens with zero attached hydrogens (tertiary/aromatic N) is 1. The van der Waals surface area contributed by atoms with E-state index in [0.29, 0.717) is 6.54 Å². The molecule has 3 aliphatic heterocycles. The molecule has 6 nitrogen and oxygen atoms in total. The van der Waals surface area contributed by atoms with Gasteiger partial charge in [0.25, 0.3) is 0 Å². The number of carboxylic acids is 1. The topological polar surface area (TPSA) is 87.1 Å². The van der Waals surface area contributed by atoms with Crippen molar-refractivity contribution in [3.63, 3.8) is 0 Å². The molecule has 3 heterocycles. The zero-order chi connectivity index (χ0) is 16.4. The fourth-order valence-electron chi connectivity index (χ4n) is 4.10. The van der Waals surface area contributed by atoms with Crippen molar-refractivity contribution in [1.82, 2.24) is 4.90 Å². The van der Waals surface area contributed by atoms with Gasteiger partial charge < -0.3 is 19.8 Å². The van der Waals surface area contributed by atoms with Gasteiger partial charge in [-0.25, -0.2) is 0 Å². The van der Waals surface area contributed by atoms with Crippen molar-refractivity contribution in [3.8, 4) is 5.75 Å². The molecule has 1 amide bonds. The van der Waals surface area contributed by atoms with Crippen LogP contribution in [0.5, 0.6) is 5.75 Å². The zero-order valence-electron chi connectivity index (χ0n) is 12.5. The van der Waals surface area contributed by atoms with E-state index in [1.165, 1.54) is 0 Å². The van der Waals surface area contributed by atoms with Crippen LogP contribution in [-0.2, 0) is 14.3 Å². The molecule has 1 aromatic carbocycles. The van der Waals surface area contributed by atoms with Gasteiger partial charge in [-0.05, 0) is 24.6 Å². The van der Waals surface area contributed by atoms with E-state index < -0.39 is 29.5 Å². The number of rotatable bonds is 3. The average Bonchev–Trinajstić information content (AvgIpc) is 3.15. The van der Waals surface area contributed by atoms with Crippen molar-refractivity contribution in [3.05, 3.63) is 42.0 Å². The van der Waals surface area contributed by atoms with Crippen LogP contribution in [0.3, 0.4) is 0 Å². The van der Waals surface area contributed by atoms with Crippen LogP contribution in [-0.4, -0.2) is 45.2 Å². The van der Waals surface area contributed by atoms with Crippen LogP contribution in [0.1, 0.15) is 18.5 Å². The lowest BCUT2D eigenvalue weighted by molar-refractivity contribution is -0.148. The molecule has 0 aliphatic carbocycles. The molecule has 0 radical (unpaired) electrons. The van der Waals surface area contributed by atoms with E-state index in [9.17, 15) is 19.8 Å². The van der Waals surface area contributed by atoms with Crippen LogP contribution in [0.25, 0.3) is 0 Å². The molecule has 3 aliphatic rings. The Labute approximate surface area is 133 Å². The minimum absolute atomic E-state index is 0.139. The predicted molar refractivity (Wildman–Crippen MR) is 79.6 cm³/mol. The summed E-state index contributed by atoms with van der Waals surface area (Å²) >= 11 is 0. The Hall–Kier alpha value is -2.34. The maximum atomic E-state index is 12.9. The summed E-state index contributed by atoms with van der Waals surface area (Å²) in [4.78, 5) is 26.1. The van der Waals surface area contributed by atoms with Gasteiger partial charge in [-0.15, -0.1) is 0 Å². The number of carbonyl (C=O) groups is 2. The molecule has 5 unspecified atom stereocenters. The van der Waals surface area contributed by atoms with Crippen molar-refractivity contribution in [1.29, 1.82) is 0 Å². The zero-order valence-corrected chi connectivity index (χ0v) is 12.5. The standard InChI is InChI=1S/C17H17NO5/c1-9(10-3-2-4-11(19)7-10)18-8-17-6-5-12(23-17)13(16(21)22)14(17)15(18)20/h2-7,9,12-14,19H,8H2,1H3,(H,21,22). The minimum Gasteiger partial charge on any atom is -0.508 e. The molecule has 1 aromatic rings. The molecule has 23 heavy (non-hydrogen) atoms. The minimum atomic E-state index is -0.994. The van der Waals surface area contributed by atoms with Crippen molar-refractivity contribution < 1.29 is 24.5 Å². The average molecular weight is 315 g/mol. The number of aliphatic carboxylic acids is 1. The van der Waals surface area contributed by atoms with E-state index in [1.807, 2.05) is 19.1 Å². The van der Waals surface area contributed by atoms with E-state index in [-0.39, 0.29) is 17.7 Å². The van der Waals surface area contributed by atoms with Gasteiger partial charge in [-0.2, -0.15) is 0 Å². The fourth-order valence-corrected chi connectivity index (χ4v) is 4.10. The SMILES string of the molecule is CC(c1cccc(O)c1)N1CC23C=CC(O2)C(C(=O)O)C3C1=O. The van der Waals surface area contributed by atoms with Gasteiger partial charge in [-0.1, -0.05) is 24.3 Å². The molecule has 120 valence electrons. The summed E-state index contributed by atoms with van der Waals surface area (Å²) in [7, 11) is 0. The van der Waals surface area contributed by atoms with E-state index >= 15 is 0 Å². The van der Waals surface area contributed by atoms with Gasteiger partial charge in [0.2, 0.25) is 5.91 Å². The summed E-state index contributed by atoms with van der Waals surface area (Å²) < 4.78 is 5.86. The van der Waals surface area contributed by atoms with Gasteiger partial charge in [-0.3, -0.25) is 9.59 Å². The molecule has 0 saturated carbocycles. The molecule has 2 fully saturated rings. The van der Waals surface area contributed by atoms with E-state index in [1.54, 1.807) is 29.2 Å². The van der Waals surface area contributed by atoms with Gasteiger partial charge in [0.15, 0.2) is 0 Å². The number of carboxylic acid groups (broad SMARTS) is 1. The Bertz CT molecular complexity index is 729. The number of likely N-dealkylation sites (tertiary alicyclic amines) is 1. The molecule has 2 bridgehead atoms. The van der Waals surface area contributed by atoms with Crippen molar-refractivity contribution >= 4 is 11.9 Å². The highest BCUT2D eigenvalue weighted by Crippen LogP contribution is 2.53. The van der Waals surface area contributed by atoms with Crippen LogP contribution >= 0.6 is 0 Å². The normalized spacial score (nSPS) is 35.6. The number of phenols is 1. The second kappa shape index (κ2) is 4.58. The number of ether oxygens (including phenoxy) is 1. The molecule has 2 saturated heterocycles. The first-order valence-corrected chi connectivity index (χ1v) is 7.62. The maximum Gasteiger partial charge on any atom is 0.310 e. The van der Waals surface area contributed by atoms with Crippen LogP contribution in [0.15, 0.2) is 36.4 Å². The summed E-state index contributed by atoms with van der Waals surface area (Å²) in [6, 6.07) is 6.49. The third-order valence-electron chi connectivity index (χ3n) is 5.23. The fraction of sp³-hybridized carbons (Fsp3) is 0.412. The molecule has 0 aromatic heterocycles. The van der Waals surface area contributed by atoms with E-state index in [2.05, 4.69) is 0 Å². The molecule has 4 rings (SSSR count). The number of benzene rings is 1. The van der Waals surface area contributed by atoms with Crippen LogP contribution in [0, 0.1) is 11.8 Å². The van der Waals surface area contributed by atoms with Crippen molar-refractivity contribution in [2.45, 2.75) is 24.7 Å². The lowest BCUT2D eigenvalue weighted by Crippen LogP contribution is -2.39. The number of carbonyl (C=O) groups excluding carboxylic acids is 1. The largest absolute Gasteiger partial charge is 0.508 e. The van der Waals surface area contributed by atoms with Crippen molar-refractivity contribution in [2.24, 2.45) is 11.8 Å². The first-order chi connectivity index (χ1) is 10.9. The third kappa shape index (κ3) is 1.84. The summed E-state index contributed by atoms with van der Waals surface area (Å²) in [5.41, 5.74) is -0.0178. The lowest BCUT2D eigenvalue weighted by Gasteiger charge is -2.27. The predicted octanol–water partition coefficient (Wildman–Crippen LogP) is 1.32. The second-order valence-electron chi connectivity index (χ2n) is 6.48. The smallest absolute Gasteiger partial charge is 0.310 e. The van der Waals surface area contributed by atoms with Crippen LogP contribution < -0.4 is 0 Å². The maximum absolute atomic E-state index is 12.9. The first-order valence-electron chi connectivity index (χ1n) is 7.62. The number of phenolic OH excluding ortho intramolecular Hbond substituents is 1. The second-order valence-corrected chi connectivity index (χ2v) is 6.48. The number of fused-ring (bicyclic) bond motifs is 1. The number of hydrogen-bond acceptors (Lipinski definition) is 4. The van der Waals surface area contributed by atoms with Gasteiger partial charge in [0.1, 0.15) is 17.3 Å². The molecule has 6 heteroatoms. The molecule has 2 N–H and O–H groups in total. The molecule has 1 spiro atoms. The van der Waals surface area contributed by atoms with Crippen LogP contribution in [0.4, 0.5) is 0 Å². The highest BCUT2D eigenvalue weighted by molar-refractivity contribution is 5.91. The van der Waals surface area contributed by atoms with Gasteiger partial charge in [0.05, 0.1) is 24.6 Å². The van der Waals surface area contributed by atoms with Crippen molar-refractivity contribution in [2.75, 3.05) is 6.54 Å². The molecular weight excluding hydrogens is 298 g/mol. The van der Waals surface area contributed by atoms with E-state index in [0.717, 1.165) is 5.56 Å². The Kier molecular flexibility index (Phi) is 2.84. The number of hydrogen-bond donors (Lipinski definition) is 2. The quantitative estimate of drug-likeness (QED) is 0.822. The molecule has 5 atom stereocenters. The molecular formula is C17H17NO5. The lowest BCUT2D eigenvalue weighted by atomic mass is 9.77. The van der Waals surface area contributed by atoms with Gasteiger partial charge in [0, 0.05) is 0 Å². The Balaban J connectivity index is 1.68. The Morgan fingerprint density at radius 1 is 1.48 bits per heavy atom. The summed E-state index contributed by atoms with van der Waals surface area (Å²) in [6.45, 7) is 2.21. The summed E-state index contributed by atoms with van der Waals surface area (Å²) in [5.74, 6) is -2.55. The summed E-state index contributed by atoms with van der Waals surface area (Å²) in [5, 5.41) is 19.1. The Morgan fingerprint density at radius 3 is 2.96 bits per heavy atom. The monoisotopic (exact) mass is 315 g/mol. The number of aromatic hydroxyl groups is 1. The highest BCUT2D eigenvalue weighted by Gasteiger charge is 2.67. The van der Waals surface area contributed by atoms with Gasteiger partial charge >= 0.3 is 5.97 Å².